The number of amides is 1. The third-order valence-electron chi connectivity index (χ3n) is 3.25. The summed E-state index contributed by atoms with van der Waals surface area (Å²) >= 11 is 3.28. The molecule has 22 heavy (non-hydrogen) atoms. The van der Waals surface area contributed by atoms with Crippen molar-refractivity contribution in [2.45, 2.75) is 37.8 Å². The maximum Gasteiger partial charge on any atom is 0.410 e. The molecule has 1 aliphatic rings. The SMILES string of the molecule is CC(C)(C)OC(=O)N1CC[C@H](C[S@](=O)c2cccc(Br)n2)C1. The number of hydrogen-bond acceptors (Lipinski definition) is 4. The van der Waals surface area contributed by atoms with E-state index in [0.717, 1.165) is 6.42 Å². The summed E-state index contributed by atoms with van der Waals surface area (Å²) in [5, 5.41) is 0.574. The van der Waals surface area contributed by atoms with Gasteiger partial charge < -0.3 is 9.64 Å². The van der Waals surface area contributed by atoms with Gasteiger partial charge in [-0.3, -0.25) is 4.21 Å². The second kappa shape index (κ2) is 7.08. The maximum atomic E-state index is 12.4. The van der Waals surface area contributed by atoms with Crippen molar-refractivity contribution in [3.63, 3.8) is 0 Å². The fraction of sp³-hybridized carbons (Fsp3) is 0.600. The molecule has 1 amide bonds. The Morgan fingerprint density at radius 2 is 2.23 bits per heavy atom. The minimum Gasteiger partial charge on any atom is -0.444 e. The molecule has 2 atom stereocenters. The molecule has 0 bridgehead atoms. The Kier molecular flexibility index (Phi) is 5.60. The van der Waals surface area contributed by atoms with Crippen molar-refractivity contribution in [3.8, 4) is 0 Å². The van der Waals surface area contributed by atoms with Gasteiger partial charge in [-0.25, -0.2) is 9.78 Å². The summed E-state index contributed by atoms with van der Waals surface area (Å²) < 4.78 is 18.4. The van der Waals surface area contributed by atoms with Crippen molar-refractivity contribution in [1.82, 2.24) is 9.88 Å². The van der Waals surface area contributed by atoms with Gasteiger partial charge in [0.25, 0.3) is 0 Å². The van der Waals surface area contributed by atoms with Crippen molar-refractivity contribution in [2.24, 2.45) is 5.92 Å². The molecule has 1 aliphatic heterocycles. The number of pyridine rings is 1. The Morgan fingerprint density at radius 3 is 2.86 bits per heavy atom. The zero-order chi connectivity index (χ0) is 16.3. The van der Waals surface area contributed by atoms with Gasteiger partial charge in [0.05, 0.1) is 10.8 Å². The molecule has 1 saturated heterocycles. The average molecular weight is 389 g/mol. The first kappa shape index (κ1) is 17.4. The van der Waals surface area contributed by atoms with Gasteiger partial charge in [0, 0.05) is 18.8 Å². The highest BCUT2D eigenvalue weighted by molar-refractivity contribution is 9.10. The molecule has 5 nitrogen and oxygen atoms in total. The topological polar surface area (TPSA) is 59.5 Å². The molecule has 2 rings (SSSR count). The van der Waals surface area contributed by atoms with Crippen LogP contribution >= 0.6 is 15.9 Å². The number of nitrogens with zero attached hydrogens (tertiary/aromatic N) is 2. The van der Waals surface area contributed by atoms with Crippen LogP contribution in [0, 0.1) is 5.92 Å². The highest BCUT2D eigenvalue weighted by Crippen LogP contribution is 2.22. The van der Waals surface area contributed by atoms with E-state index in [4.69, 9.17) is 4.74 Å². The Bertz CT molecular complexity index is 574. The number of halogens is 1. The molecule has 1 aromatic heterocycles. The molecule has 0 N–H and O–H groups in total. The van der Waals surface area contributed by atoms with E-state index in [1.54, 1.807) is 17.0 Å². The summed E-state index contributed by atoms with van der Waals surface area (Å²) in [6.07, 6.45) is 0.556. The Labute approximate surface area is 142 Å². The zero-order valence-electron chi connectivity index (χ0n) is 13.0. The fourth-order valence-corrected chi connectivity index (χ4v) is 4.04. The molecular weight excluding hydrogens is 368 g/mol. The number of hydrogen-bond donors (Lipinski definition) is 0. The molecule has 122 valence electrons. The lowest BCUT2D eigenvalue weighted by Gasteiger charge is -2.24. The van der Waals surface area contributed by atoms with Crippen molar-refractivity contribution < 1.29 is 13.7 Å². The standard InChI is InChI=1S/C15H21BrN2O3S/c1-15(2,3)21-14(19)18-8-7-11(9-18)10-22(20)13-6-4-5-12(16)17-13/h4-6,11H,7-10H2,1-3H3/t11-,22-/m0/s1. The van der Waals surface area contributed by atoms with Gasteiger partial charge in [-0.2, -0.15) is 0 Å². The summed E-state index contributed by atoms with van der Waals surface area (Å²) in [5.41, 5.74) is -0.488. The van der Waals surface area contributed by atoms with E-state index in [1.807, 2.05) is 26.8 Å². The van der Waals surface area contributed by atoms with Crippen molar-refractivity contribution in [1.29, 1.82) is 0 Å². The highest BCUT2D eigenvalue weighted by atomic mass is 79.9. The summed E-state index contributed by atoms with van der Waals surface area (Å²) in [7, 11) is -1.15. The average Bonchev–Trinajstić information content (AvgIpc) is 2.85. The van der Waals surface area contributed by atoms with Crippen LogP contribution in [0.2, 0.25) is 0 Å². The molecule has 7 heteroatoms. The first-order chi connectivity index (χ1) is 10.2. The second-order valence-corrected chi connectivity index (χ2v) is 8.65. The van der Waals surface area contributed by atoms with Crippen LogP contribution in [0.5, 0.6) is 0 Å². The van der Waals surface area contributed by atoms with Gasteiger partial charge in [-0.15, -0.1) is 0 Å². The predicted molar refractivity (Wildman–Crippen MR) is 89.1 cm³/mol. The largest absolute Gasteiger partial charge is 0.444 e. The van der Waals surface area contributed by atoms with Crippen LogP contribution in [0.1, 0.15) is 27.2 Å². The lowest BCUT2D eigenvalue weighted by atomic mass is 10.2. The Hall–Kier alpha value is -0.950. The third kappa shape index (κ3) is 5.05. The van der Waals surface area contributed by atoms with E-state index in [1.165, 1.54) is 0 Å². The van der Waals surface area contributed by atoms with E-state index in [-0.39, 0.29) is 12.0 Å². The summed E-state index contributed by atoms with van der Waals surface area (Å²) in [6, 6.07) is 5.40. The Morgan fingerprint density at radius 1 is 1.50 bits per heavy atom. The van der Waals surface area contributed by atoms with E-state index < -0.39 is 16.4 Å². The third-order valence-corrected chi connectivity index (χ3v) is 5.16. The van der Waals surface area contributed by atoms with Crippen molar-refractivity contribution >= 4 is 32.8 Å². The predicted octanol–water partition coefficient (Wildman–Crippen LogP) is 3.21. The molecule has 0 radical (unpaired) electrons. The maximum absolute atomic E-state index is 12.4. The smallest absolute Gasteiger partial charge is 0.410 e. The van der Waals surface area contributed by atoms with Crippen LogP contribution in [0.3, 0.4) is 0 Å². The quantitative estimate of drug-likeness (QED) is 0.745. The van der Waals surface area contributed by atoms with Gasteiger partial charge in [-0.05, 0) is 61.2 Å². The monoisotopic (exact) mass is 388 g/mol. The molecular formula is C15H21BrN2O3S. The lowest BCUT2D eigenvalue weighted by molar-refractivity contribution is 0.0289. The number of likely N-dealkylation sites (tertiary alicyclic amines) is 1. The normalized spacial score (nSPS) is 20.0. The molecule has 0 saturated carbocycles. The fourth-order valence-electron chi connectivity index (χ4n) is 2.28. The number of ether oxygens (including phenoxy) is 1. The van der Waals surface area contributed by atoms with E-state index in [2.05, 4.69) is 20.9 Å². The minimum absolute atomic E-state index is 0.217. The second-order valence-electron chi connectivity index (χ2n) is 6.39. The van der Waals surface area contributed by atoms with Crippen LogP contribution in [0.4, 0.5) is 4.79 Å². The highest BCUT2D eigenvalue weighted by Gasteiger charge is 2.30. The summed E-state index contributed by atoms with van der Waals surface area (Å²) in [5.74, 6) is 0.733. The molecule has 0 aromatic carbocycles. The van der Waals surface area contributed by atoms with Crippen molar-refractivity contribution in [2.75, 3.05) is 18.8 Å². The molecule has 1 fully saturated rings. The van der Waals surface area contributed by atoms with Crippen LogP contribution in [-0.4, -0.2) is 44.6 Å². The van der Waals surface area contributed by atoms with Gasteiger partial charge in [0.15, 0.2) is 0 Å². The van der Waals surface area contributed by atoms with Crippen LogP contribution in [0.25, 0.3) is 0 Å². The summed E-state index contributed by atoms with van der Waals surface area (Å²) in [6.45, 7) is 6.81. The molecule has 0 aliphatic carbocycles. The van der Waals surface area contributed by atoms with Gasteiger partial charge in [0.2, 0.25) is 0 Å². The number of rotatable bonds is 3. The van der Waals surface area contributed by atoms with Gasteiger partial charge in [0.1, 0.15) is 15.2 Å². The minimum atomic E-state index is -1.15. The molecule has 2 heterocycles. The van der Waals surface area contributed by atoms with E-state index in [0.29, 0.717) is 28.5 Å². The molecule has 0 spiro atoms. The number of carbonyl (C=O) groups is 1. The Balaban J connectivity index is 1.88. The van der Waals surface area contributed by atoms with Gasteiger partial charge in [-0.1, -0.05) is 6.07 Å². The first-order valence-electron chi connectivity index (χ1n) is 7.23. The van der Waals surface area contributed by atoms with E-state index >= 15 is 0 Å². The van der Waals surface area contributed by atoms with Gasteiger partial charge >= 0.3 is 6.09 Å². The van der Waals surface area contributed by atoms with E-state index in [9.17, 15) is 9.00 Å². The van der Waals surface area contributed by atoms with Crippen molar-refractivity contribution in [3.05, 3.63) is 22.8 Å². The number of carbonyl (C=O) groups excluding carboxylic acids is 1. The van der Waals surface area contributed by atoms with Crippen LogP contribution < -0.4 is 0 Å². The summed E-state index contributed by atoms with van der Waals surface area (Å²) in [4.78, 5) is 17.9. The van der Waals surface area contributed by atoms with Crippen LogP contribution in [0.15, 0.2) is 27.8 Å². The first-order valence-corrected chi connectivity index (χ1v) is 9.34. The van der Waals surface area contributed by atoms with Crippen LogP contribution in [-0.2, 0) is 15.5 Å². The number of aromatic nitrogens is 1. The zero-order valence-corrected chi connectivity index (χ0v) is 15.4. The molecule has 1 aromatic rings. The molecule has 0 unspecified atom stereocenters. The lowest BCUT2D eigenvalue weighted by Crippen LogP contribution is -2.35.